The van der Waals surface area contributed by atoms with E-state index in [9.17, 15) is 9.59 Å². The number of ether oxygens (including phenoxy) is 1. The lowest BCUT2D eigenvalue weighted by atomic mass is 10.0. The Morgan fingerprint density at radius 3 is 2.54 bits per heavy atom. The number of hydrogen-bond acceptors (Lipinski definition) is 4. The maximum atomic E-state index is 13.1. The van der Waals surface area contributed by atoms with Gasteiger partial charge in [0, 0.05) is 23.8 Å². The normalized spacial score (nSPS) is 13.8. The number of pyridine rings is 1. The molecule has 1 amide bonds. The Hall–Kier alpha value is -3.21. The van der Waals surface area contributed by atoms with Crippen molar-refractivity contribution < 1.29 is 14.3 Å². The second-order valence-electron chi connectivity index (χ2n) is 7.06. The highest BCUT2D eigenvalue weighted by Gasteiger charge is 2.28. The van der Waals surface area contributed by atoms with Gasteiger partial charge in [-0.3, -0.25) is 9.78 Å². The number of anilines is 1. The summed E-state index contributed by atoms with van der Waals surface area (Å²) in [5.74, 6) is -0.728. The van der Waals surface area contributed by atoms with Crippen molar-refractivity contribution in [2.75, 3.05) is 11.9 Å². The molecule has 1 atom stereocenters. The van der Waals surface area contributed by atoms with E-state index in [2.05, 4.69) is 0 Å². The van der Waals surface area contributed by atoms with Crippen molar-refractivity contribution in [2.24, 2.45) is 0 Å². The number of amides is 1. The number of esters is 1. The van der Waals surface area contributed by atoms with E-state index in [0.29, 0.717) is 5.56 Å². The predicted octanol–water partition coefficient (Wildman–Crippen LogP) is 3.93. The van der Waals surface area contributed by atoms with Gasteiger partial charge in [-0.1, -0.05) is 36.4 Å². The molecule has 0 radical (unpaired) electrons. The van der Waals surface area contributed by atoms with Crippen molar-refractivity contribution in [1.29, 1.82) is 0 Å². The van der Waals surface area contributed by atoms with Crippen LogP contribution in [0.3, 0.4) is 0 Å². The Balaban J connectivity index is 1.61. The predicted molar refractivity (Wildman–Crippen MR) is 108 cm³/mol. The number of para-hydroxylation sites is 2. The van der Waals surface area contributed by atoms with Gasteiger partial charge in [-0.15, -0.1) is 0 Å². The van der Waals surface area contributed by atoms with Crippen molar-refractivity contribution in [2.45, 2.75) is 32.3 Å². The number of carbonyl (C=O) groups is 2. The quantitative estimate of drug-likeness (QED) is 0.649. The fraction of sp³-hybridized carbons (Fsp3) is 0.261. The average molecular weight is 374 g/mol. The molecule has 142 valence electrons. The number of likely N-dealkylation sites (N-methyl/N-ethyl adjacent to an activating group) is 1. The summed E-state index contributed by atoms with van der Waals surface area (Å²) in [7, 11) is 1.68. The summed E-state index contributed by atoms with van der Waals surface area (Å²) in [6, 6.07) is 16.9. The van der Waals surface area contributed by atoms with Crippen molar-refractivity contribution in [3.05, 3.63) is 71.4 Å². The SMILES string of the molecule is C[C@@H](OC(=O)c1c2c(nc3ccccc13)CCC2)C(=O)N(C)c1ccccc1. The number of carbonyl (C=O) groups excluding carboxylic acids is 2. The lowest BCUT2D eigenvalue weighted by Crippen LogP contribution is -2.37. The summed E-state index contributed by atoms with van der Waals surface area (Å²) in [4.78, 5) is 32.0. The third-order valence-electron chi connectivity index (χ3n) is 5.23. The zero-order valence-corrected chi connectivity index (χ0v) is 16.0. The van der Waals surface area contributed by atoms with E-state index in [0.717, 1.165) is 47.1 Å². The van der Waals surface area contributed by atoms with E-state index >= 15 is 0 Å². The molecule has 0 unspecified atom stereocenters. The van der Waals surface area contributed by atoms with Crippen LogP contribution in [0.15, 0.2) is 54.6 Å². The first-order chi connectivity index (χ1) is 13.6. The Bertz CT molecular complexity index is 1050. The van der Waals surface area contributed by atoms with Gasteiger partial charge in [0.2, 0.25) is 0 Å². The number of aromatic nitrogens is 1. The minimum atomic E-state index is -0.887. The van der Waals surface area contributed by atoms with Crippen LogP contribution in [0, 0.1) is 0 Å². The van der Waals surface area contributed by atoms with Crippen LogP contribution in [0.1, 0.15) is 35.0 Å². The Labute approximate surface area is 163 Å². The molecule has 0 bridgehead atoms. The Kier molecular flexibility index (Phi) is 4.82. The molecule has 0 spiro atoms. The average Bonchev–Trinajstić information content (AvgIpc) is 3.19. The first-order valence-corrected chi connectivity index (χ1v) is 9.50. The third-order valence-corrected chi connectivity index (χ3v) is 5.23. The molecule has 0 fully saturated rings. The summed E-state index contributed by atoms with van der Waals surface area (Å²) in [5.41, 5.74) is 4.02. The smallest absolute Gasteiger partial charge is 0.339 e. The van der Waals surface area contributed by atoms with Crippen LogP contribution in [0.2, 0.25) is 0 Å². The zero-order valence-electron chi connectivity index (χ0n) is 16.0. The molecule has 1 heterocycles. The minimum absolute atomic E-state index is 0.269. The van der Waals surface area contributed by atoms with Crippen molar-refractivity contribution in [3.8, 4) is 0 Å². The molecule has 3 aromatic rings. The molecule has 0 N–H and O–H groups in total. The topological polar surface area (TPSA) is 59.5 Å². The number of fused-ring (bicyclic) bond motifs is 2. The molecule has 0 saturated carbocycles. The van der Waals surface area contributed by atoms with Gasteiger partial charge in [0.05, 0.1) is 11.1 Å². The number of hydrogen-bond donors (Lipinski definition) is 0. The minimum Gasteiger partial charge on any atom is -0.449 e. The van der Waals surface area contributed by atoms with Crippen LogP contribution in [0.25, 0.3) is 10.9 Å². The highest BCUT2D eigenvalue weighted by Crippen LogP contribution is 2.30. The zero-order chi connectivity index (χ0) is 19.7. The summed E-state index contributed by atoms with van der Waals surface area (Å²) in [5, 5.41) is 0.782. The van der Waals surface area contributed by atoms with Gasteiger partial charge in [0.1, 0.15) is 0 Å². The third kappa shape index (κ3) is 3.24. The van der Waals surface area contributed by atoms with Crippen molar-refractivity contribution >= 4 is 28.5 Å². The van der Waals surface area contributed by atoms with Crippen LogP contribution in [-0.4, -0.2) is 30.0 Å². The van der Waals surface area contributed by atoms with Crippen LogP contribution >= 0.6 is 0 Å². The molecular weight excluding hydrogens is 352 g/mol. The molecule has 1 aliphatic carbocycles. The van der Waals surface area contributed by atoms with E-state index in [1.165, 1.54) is 4.90 Å². The molecule has 4 rings (SSSR count). The monoisotopic (exact) mass is 374 g/mol. The van der Waals surface area contributed by atoms with E-state index in [1.54, 1.807) is 14.0 Å². The second-order valence-corrected chi connectivity index (χ2v) is 7.06. The highest BCUT2D eigenvalue weighted by molar-refractivity contribution is 6.06. The molecule has 0 aliphatic heterocycles. The maximum absolute atomic E-state index is 13.1. The van der Waals surface area contributed by atoms with Crippen LogP contribution < -0.4 is 4.90 Å². The first kappa shape index (κ1) is 18.2. The standard InChI is InChI=1S/C23H22N2O3/c1-15(22(26)25(2)16-9-4-3-5-10-16)28-23(27)21-17-11-6-7-13-19(17)24-20-14-8-12-18(20)21/h3-7,9-11,13,15H,8,12,14H2,1-2H3/t15-/m1/s1. The van der Waals surface area contributed by atoms with Crippen LogP contribution in [-0.2, 0) is 22.4 Å². The Morgan fingerprint density at radius 1 is 1.04 bits per heavy atom. The Morgan fingerprint density at radius 2 is 1.75 bits per heavy atom. The van der Waals surface area contributed by atoms with Gasteiger partial charge in [-0.05, 0) is 49.9 Å². The molecule has 5 nitrogen and oxygen atoms in total. The second kappa shape index (κ2) is 7.43. The number of benzene rings is 2. The number of aryl methyl sites for hydroxylation is 1. The van der Waals surface area contributed by atoms with Crippen LogP contribution in [0.4, 0.5) is 5.69 Å². The number of nitrogens with zero attached hydrogens (tertiary/aromatic N) is 2. The van der Waals surface area contributed by atoms with Gasteiger partial charge >= 0.3 is 5.97 Å². The molecule has 1 aliphatic rings. The first-order valence-electron chi connectivity index (χ1n) is 9.50. The van der Waals surface area contributed by atoms with Crippen LogP contribution in [0.5, 0.6) is 0 Å². The number of rotatable bonds is 4. The van der Waals surface area contributed by atoms with Gasteiger partial charge in [-0.25, -0.2) is 4.79 Å². The lowest BCUT2D eigenvalue weighted by Gasteiger charge is -2.22. The fourth-order valence-electron chi connectivity index (χ4n) is 3.77. The van der Waals surface area contributed by atoms with E-state index in [4.69, 9.17) is 9.72 Å². The highest BCUT2D eigenvalue weighted by atomic mass is 16.5. The molecular formula is C23H22N2O3. The van der Waals surface area contributed by atoms with Crippen molar-refractivity contribution in [1.82, 2.24) is 4.98 Å². The molecule has 28 heavy (non-hydrogen) atoms. The summed E-state index contributed by atoms with van der Waals surface area (Å²) < 4.78 is 5.62. The fourth-order valence-corrected chi connectivity index (χ4v) is 3.77. The van der Waals surface area contributed by atoms with E-state index in [-0.39, 0.29) is 5.91 Å². The molecule has 0 saturated heterocycles. The molecule has 5 heteroatoms. The molecule has 2 aromatic carbocycles. The van der Waals surface area contributed by atoms with E-state index in [1.807, 2.05) is 54.6 Å². The van der Waals surface area contributed by atoms with Gasteiger partial charge in [0.15, 0.2) is 6.10 Å². The van der Waals surface area contributed by atoms with E-state index < -0.39 is 12.1 Å². The summed E-state index contributed by atoms with van der Waals surface area (Å²) in [6.07, 6.45) is 1.77. The largest absolute Gasteiger partial charge is 0.449 e. The van der Waals surface area contributed by atoms with Gasteiger partial charge in [-0.2, -0.15) is 0 Å². The van der Waals surface area contributed by atoms with Gasteiger partial charge < -0.3 is 9.64 Å². The summed E-state index contributed by atoms with van der Waals surface area (Å²) >= 11 is 0. The summed E-state index contributed by atoms with van der Waals surface area (Å²) in [6.45, 7) is 1.61. The maximum Gasteiger partial charge on any atom is 0.339 e. The lowest BCUT2D eigenvalue weighted by molar-refractivity contribution is -0.126. The van der Waals surface area contributed by atoms with Gasteiger partial charge in [0.25, 0.3) is 5.91 Å². The van der Waals surface area contributed by atoms with Crippen molar-refractivity contribution in [3.63, 3.8) is 0 Å². The molecule has 1 aromatic heterocycles.